The summed E-state index contributed by atoms with van der Waals surface area (Å²) in [7, 11) is 0. The first-order chi connectivity index (χ1) is 14.3. The molecule has 0 radical (unpaired) electrons. The van der Waals surface area contributed by atoms with Crippen LogP contribution in [0.3, 0.4) is 0 Å². The maximum absolute atomic E-state index is 12.9. The van der Waals surface area contributed by atoms with Crippen LogP contribution in [-0.2, 0) is 4.79 Å². The van der Waals surface area contributed by atoms with Crippen molar-refractivity contribution in [1.82, 2.24) is 4.90 Å². The zero-order valence-corrected chi connectivity index (χ0v) is 16.1. The fraction of sp³-hybridized carbons (Fsp3) is 0.348. The zero-order chi connectivity index (χ0) is 19.6. The summed E-state index contributed by atoms with van der Waals surface area (Å²) in [4.78, 5) is 14.8. The van der Waals surface area contributed by atoms with E-state index in [0.717, 1.165) is 54.2 Å². The molecule has 1 saturated heterocycles. The number of amides is 1. The number of likely N-dealkylation sites (tertiary alicyclic amines) is 1. The van der Waals surface area contributed by atoms with Crippen molar-refractivity contribution in [2.45, 2.75) is 25.3 Å². The first kappa shape index (κ1) is 17.9. The number of hydrogen-bond donors (Lipinski definition) is 0. The first-order valence-electron chi connectivity index (χ1n) is 10.1. The molecule has 6 nitrogen and oxygen atoms in total. The molecule has 3 heterocycles. The second-order valence-electron chi connectivity index (χ2n) is 7.39. The normalized spacial score (nSPS) is 20.1. The number of benzene rings is 2. The lowest BCUT2D eigenvalue weighted by Gasteiger charge is -2.24. The van der Waals surface area contributed by atoms with Crippen LogP contribution in [0, 0.1) is 0 Å². The third-order valence-corrected chi connectivity index (χ3v) is 5.51. The van der Waals surface area contributed by atoms with Crippen LogP contribution in [0.2, 0.25) is 0 Å². The quantitative estimate of drug-likeness (QED) is 0.739. The molecule has 1 amide bonds. The summed E-state index contributed by atoms with van der Waals surface area (Å²) in [5.41, 5.74) is 2.01. The van der Waals surface area contributed by atoms with Gasteiger partial charge in [-0.15, -0.1) is 0 Å². The summed E-state index contributed by atoms with van der Waals surface area (Å²) < 4.78 is 22.3. The molecule has 5 rings (SSSR count). The van der Waals surface area contributed by atoms with Crippen LogP contribution in [-0.4, -0.2) is 37.4 Å². The molecule has 0 saturated carbocycles. The molecule has 1 fully saturated rings. The van der Waals surface area contributed by atoms with Crippen molar-refractivity contribution in [1.29, 1.82) is 0 Å². The number of rotatable bonds is 3. The van der Waals surface area contributed by atoms with Gasteiger partial charge in [-0.3, -0.25) is 4.79 Å². The number of carbonyl (C=O) groups is 1. The number of fused-ring (bicyclic) bond motifs is 2. The Bertz CT molecular complexity index is 954. The average molecular weight is 393 g/mol. The fourth-order valence-electron chi connectivity index (χ4n) is 4.04. The van der Waals surface area contributed by atoms with Gasteiger partial charge < -0.3 is 23.8 Å². The van der Waals surface area contributed by atoms with Gasteiger partial charge in [0.05, 0.1) is 19.3 Å². The summed E-state index contributed by atoms with van der Waals surface area (Å²) in [5, 5.41) is 0. The van der Waals surface area contributed by atoms with Gasteiger partial charge in [0, 0.05) is 19.0 Å². The molecule has 2 aromatic rings. The Hall–Kier alpha value is -3.15. The Morgan fingerprint density at radius 2 is 1.66 bits per heavy atom. The molecule has 29 heavy (non-hydrogen) atoms. The van der Waals surface area contributed by atoms with Gasteiger partial charge in [0.2, 0.25) is 12.7 Å². The van der Waals surface area contributed by atoms with Gasteiger partial charge in [0.25, 0.3) is 0 Å². The molecule has 0 aliphatic carbocycles. The molecule has 0 bridgehead atoms. The molecule has 1 atom stereocenters. The maximum atomic E-state index is 12.9. The zero-order valence-electron chi connectivity index (χ0n) is 16.1. The summed E-state index contributed by atoms with van der Waals surface area (Å²) >= 11 is 0. The Balaban J connectivity index is 1.32. The van der Waals surface area contributed by atoms with Crippen molar-refractivity contribution < 1.29 is 23.7 Å². The Morgan fingerprint density at radius 1 is 0.897 bits per heavy atom. The van der Waals surface area contributed by atoms with E-state index in [1.54, 1.807) is 6.08 Å². The van der Waals surface area contributed by atoms with Gasteiger partial charge in [-0.25, -0.2) is 0 Å². The lowest BCUT2D eigenvalue weighted by atomic mass is 10.0. The topological polar surface area (TPSA) is 57.2 Å². The summed E-state index contributed by atoms with van der Waals surface area (Å²) in [6.07, 6.45) is 6.28. The van der Waals surface area contributed by atoms with Crippen molar-refractivity contribution in [3.8, 4) is 23.0 Å². The molecular formula is C23H23NO5. The Morgan fingerprint density at radius 3 is 2.59 bits per heavy atom. The van der Waals surface area contributed by atoms with Crippen LogP contribution >= 0.6 is 0 Å². The minimum Gasteiger partial charge on any atom is -0.490 e. The highest BCUT2D eigenvalue weighted by atomic mass is 16.7. The van der Waals surface area contributed by atoms with Crippen LogP contribution in [0.15, 0.2) is 42.5 Å². The summed E-state index contributed by atoms with van der Waals surface area (Å²) in [6.45, 7) is 2.32. The third kappa shape index (κ3) is 3.62. The van der Waals surface area contributed by atoms with Crippen LogP contribution < -0.4 is 18.9 Å². The van der Waals surface area contributed by atoms with E-state index in [1.807, 2.05) is 47.4 Å². The van der Waals surface area contributed by atoms with E-state index in [0.29, 0.717) is 19.0 Å². The van der Waals surface area contributed by atoms with Crippen molar-refractivity contribution in [3.63, 3.8) is 0 Å². The lowest BCUT2D eigenvalue weighted by molar-refractivity contribution is -0.126. The van der Waals surface area contributed by atoms with E-state index in [9.17, 15) is 4.79 Å². The predicted octanol–water partition coefficient (Wildman–Crippen LogP) is 3.95. The molecule has 3 aliphatic rings. The molecule has 0 aromatic heterocycles. The summed E-state index contributed by atoms with van der Waals surface area (Å²) in [6, 6.07) is 11.8. The van der Waals surface area contributed by atoms with Crippen molar-refractivity contribution in [2.24, 2.45) is 0 Å². The minimum absolute atomic E-state index is 0.0114. The van der Waals surface area contributed by atoms with E-state index in [-0.39, 0.29) is 18.7 Å². The molecule has 0 spiro atoms. The van der Waals surface area contributed by atoms with Crippen molar-refractivity contribution >= 4 is 12.0 Å². The molecule has 2 aromatic carbocycles. The standard InChI is InChI=1S/C23H23NO5/c25-23(9-5-16-4-7-20-21(13-16)29-15-28-20)24-10-1-3-18(24)17-6-8-19-22(14-17)27-12-2-11-26-19/h4-9,13-14,18H,1-3,10-12,15H2/b9-5+. The molecule has 150 valence electrons. The fourth-order valence-corrected chi connectivity index (χ4v) is 4.04. The number of hydrogen-bond acceptors (Lipinski definition) is 5. The third-order valence-electron chi connectivity index (χ3n) is 5.51. The van der Waals surface area contributed by atoms with Gasteiger partial charge in [-0.05, 0) is 54.3 Å². The molecule has 0 N–H and O–H groups in total. The van der Waals surface area contributed by atoms with Crippen molar-refractivity contribution in [2.75, 3.05) is 26.6 Å². The highest BCUT2D eigenvalue weighted by Gasteiger charge is 2.29. The number of carbonyl (C=O) groups excluding carboxylic acids is 1. The van der Waals surface area contributed by atoms with Crippen LogP contribution in [0.25, 0.3) is 6.08 Å². The number of ether oxygens (including phenoxy) is 4. The van der Waals surface area contributed by atoms with Gasteiger partial charge in [0.1, 0.15) is 0 Å². The van der Waals surface area contributed by atoms with Crippen LogP contribution in [0.4, 0.5) is 0 Å². The largest absolute Gasteiger partial charge is 0.490 e. The Kier molecular flexibility index (Phi) is 4.76. The van der Waals surface area contributed by atoms with Gasteiger partial charge in [-0.2, -0.15) is 0 Å². The van der Waals surface area contributed by atoms with Gasteiger partial charge in [0.15, 0.2) is 23.0 Å². The SMILES string of the molecule is O=C(/C=C/c1ccc2c(c1)OCO2)N1CCCC1c1ccc2c(c1)OCCCO2. The average Bonchev–Trinajstić information content (AvgIpc) is 3.36. The molecule has 3 aliphatic heterocycles. The van der Waals surface area contributed by atoms with Gasteiger partial charge in [-0.1, -0.05) is 12.1 Å². The predicted molar refractivity (Wildman–Crippen MR) is 107 cm³/mol. The first-order valence-corrected chi connectivity index (χ1v) is 10.1. The molecular weight excluding hydrogens is 370 g/mol. The smallest absolute Gasteiger partial charge is 0.247 e. The van der Waals surface area contributed by atoms with E-state index in [2.05, 4.69) is 0 Å². The van der Waals surface area contributed by atoms with Crippen molar-refractivity contribution in [3.05, 3.63) is 53.6 Å². The minimum atomic E-state index is 0.0114. The highest BCUT2D eigenvalue weighted by molar-refractivity contribution is 5.92. The number of nitrogens with zero attached hydrogens (tertiary/aromatic N) is 1. The summed E-state index contributed by atoms with van der Waals surface area (Å²) in [5.74, 6) is 3.02. The second-order valence-corrected chi connectivity index (χ2v) is 7.39. The van der Waals surface area contributed by atoms with E-state index < -0.39 is 0 Å². The Labute approximate surface area is 169 Å². The maximum Gasteiger partial charge on any atom is 0.247 e. The highest BCUT2D eigenvalue weighted by Crippen LogP contribution is 2.38. The second kappa shape index (κ2) is 7.70. The van der Waals surface area contributed by atoms with Crippen LogP contribution in [0.1, 0.15) is 36.4 Å². The van der Waals surface area contributed by atoms with Gasteiger partial charge >= 0.3 is 0 Å². The monoisotopic (exact) mass is 393 g/mol. The lowest BCUT2D eigenvalue weighted by Crippen LogP contribution is -2.28. The van der Waals surface area contributed by atoms with E-state index >= 15 is 0 Å². The molecule has 1 unspecified atom stereocenters. The van der Waals surface area contributed by atoms with E-state index in [1.165, 1.54) is 0 Å². The molecule has 6 heteroatoms. The van der Waals surface area contributed by atoms with E-state index in [4.69, 9.17) is 18.9 Å². The van der Waals surface area contributed by atoms with Crippen LogP contribution in [0.5, 0.6) is 23.0 Å².